The topological polar surface area (TPSA) is 61.8 Å². The maximum absolute atomic E-state index is 13.6. The molecule has 0 aliphatic carbocycles. The highest BCUT2D eigenvalue weighted by Gasteiger charge is 2.35. The van der Waals surface area contributed by atoms with Crippen LogP contribution in [-0.2, 0) is 9.53 Å². The average Bonchev–Trinajstić information content (AvgIpc) is 2.66. The summed E-state index contributed by atoms with van der Waals surface area (Å²) in [7, 11) is 0. The van der Waals surface area contributed by atoms with Gasteiger partial charge in [0.1, 0.15) is 6.04 Å². The number of hydrogen-bond acceptors (Lipinski definition) is 4. The molecule has 7 heteroatoms. The van der Waals surface area contributed by atoms with Gasteiger partial charge in [-0.1, -0.05) is 19.9 Å². The molecule has 1 aliphatic heterocycles. The van der Waals surface area contributed by atoms with Gasteiger partial charge in [-0.15, -0.1) is 0 Å². The Kier molecular flexibility index (Phi) is 6.87. The molecule has 1 rings (SSSR count). The predicted molar refractivity (Wildman–Crippen MR) is 75.2 cm³/mol. The summed E-state index contributed by atoms with van der Waals surface area (Å²) in [6.45, 7) is 7.82. The number of halogens is 2. The quantitative estimate of drug-likeness (QED) is 0.718. The van der Waals surface area contributed by atoms with Gasteiger partial charge >= 0.3 is 5.97 Å². The number of hydrogen-bond donors (Lipinski definition) is 2. The monoisotopic (exact) mass is 306 g/mol. The SMILES string of the molecule is C=C(N[C@@H](CC(F)(F)CCC)C(=O)O)N1CCCOCC1. The predicted octanol–water partition coefficient (Wildman–Crippen LogP) is 2.05. The number of carboxylic acids is 1. The second-order valence-electron chi connectivity index (χ2n) is 5.24. The molecule has 1 fully saturated rings. The molecule has 1 aliphatic rings. The summed E-state index contributed by atoms with van der Waals surface area (Å²) in [5, 5.41) is 11.8. The third-order valence-corrected chi connectivity index (χ3v) is 3.36. The highest BCUT2D eigenvalue weighted by atomic mass is 19.3. The van der Waals surface area contributed by atoms with Crippen LogP contribution in [0.1, 0.15) is 32.6 Å². The Morgan fingerprint density at radius 2 is 2.19 bits per heavy atom. The maximum Gasteiger partial charge on any atom is 0.326 e. The zero-order chi connectivity index (χ0) is 15.9. The van der Waals surface area contributed by atoms with Crippen LogP contribution in [0.3, 0.4) is 0 Å². The first kappa shape index (κ1) is 17.7. The van der Waals surface area contributed by atoms with Crippen molar-refractivity contribution in [1.29, 1.82) is 0 Å². The minimum Gasteiger partial charge on any atom is -0.480 e. The molecule has 0 bridgehead atoms. The molecule has 1 atom stereocenters. The Balaban J connectivity index is 2.60. The molecule has 1 heterocycles. The highest BCUT2D eigenvalue weighted by molar-refractivity contribution is 5.73. The van der Waals surface area contributed by atoms with Gasteiger partial charge in [0.2, 0.25) is 0 Å². The smallest absolute Gasteiger partial charge is 0.326 e. The summed E-state index contributed by atoms with van der Waals surface area (Å²) in [4.78, 5) is 13.0. The first-order valence-corrected chi connectivity index (χ1v) is 7.24. The maximum atomic E-state index is 13.6. The third-order valence-electron chi connectivity index (χ3n) is 3.36. The van der Waals surface area contributed by atoms with Gasteiger partial charge < -0.3 is 20.1 Å². The molecular formula is C14H24F2N2O3. The van der Waals surface area contributed by atoms with Gasteiger partial charge in [0.25, 0.3) is 5.92 Å². The van der Waals surface area contributed by atoms with Crippen molar-refractivity contribution in [2.75, 3.05) is 26.3 Å². The molecule has 0 aromatic heterocycles. The number of alkyl halides is 2. The van der Waals surface area contributed by atoms with Gasteiger partial charge in [0.15, 0.2) is 0 Å². The number of carboxylic acid groups (broad SMARTS) is 1. The summed E-state index contributed by atoms with van der Waals surface area (Å²) in [5.41, 5.74) is 0. The van der Waals surface area contributed by atoms with Crippen LogP contribution in [0.5, 0.6) is 0 Å². The van der Waals surface area contributed by atoms with Gasteiger partial charge in [-0.2, -0.15) is 0 Å². The van der Waals surface area contributed by atoms with Crippen LogP contribution in [0.2, 0.25) is 0 Å². The lowest BCUT2D eigenvalue weighted by Gasteiger charge is -2.29. The lowest BCUT2D eigenvalue weighted by atomic mass is 10.0. The van der Waals surface area contributed by atoms with E-state index in [2.05, 4.69) is 11.9 Å². The molecule has 0 spiro atoms. The van der Waals surface area contributed by atoms with Crippen molar-refractivity contribution in [2.24, 2.45) is 0 Å². The van der Waals surface area contributed by atoms with E-state index in [0.717, 1.165) is 6.42 Å². The zero-order valence-corrected chi connectivity index (χ0v) is 12.4. The Bertz CT molecular complexity index is 356. The van der Waals surface area contributed by atoms with E-state index in [-0.39, 0.29) is 6.42 Å². The molecule has 1 saturated heterocycles. The lowest BCUT2D eigenvalue weighted by Crippen LogP contribution is -2.45. The van der Waals surface area contributed by atoms with E-state index in [0.29, 0.717) is 38.5 Å². The first-order valence-electron chi connectivity index (χ1n) is 7.24. The summed E-state index contributed by atoms with van der Waals surface area (Å²) < 4.78 is 32.5. The molecule has 0 aromatic carbocycles. The minimum absolute atomic E-state index is 0.309. The van der Waals surface area contributed by atoms with E-state index >= 15 is 0 Å². The molecule has 5 nitrogen and oxygen atoms in total. The van der Waals surface area contributed by atoms with E-state index in [1.807, 2.05) is 4.90 Å². The van der Waals surface area contributed by atoms with Crippen LogP contribution in [0.15, 0.2) is 12.4 Å². The number of carbonyl (C=O) groups is 1. The van der Waals surface area contributed by atoms with Gasteiger partial charge in [-0.05, 0) is 6.42 Å². The Labute approximate surface area is 123 Å². The molecule has 122 valence electrons. The van der Waals surface area contributed by atoms with E-state index in [1.54, 1.807) is 6.92 Å². The number of aliphatic carboxylic acids is 1. The van der Waals surface area contributed by atoms with Crippen molar-refractivity contribution >= 4 is 5.97 Å². The van der Waals surface area contributed by atoms with E-state index in [1.165, 1.54) is 0 Å². The molecule has 0 saturated carbocycles. The molecule has 0 radical (unpaired) electrons. The van der Waals surface area contributed by atoms with E-state index in [9.17, 15) is 13.6 Å². The first-order chi connectivity index (χ1) is 9.85. The molecule has 0 amide bonds. The number of nitrogens with one attached hydrogen (secondary N) is 1. The molecule has 2 N–H and O–H groups in total. The molecule has 0 aromatic rings. The van der Waals surface area contributed by atoms with Crippen LogP contribution < -0.4 is 5.32 Å². The minimum atomic E-state index is -2.99. The standard InChI is InChI=1S/C14H24F2N2O3/c1-3-5-14(15,16)10-12(13(19)20)17-11(2)18-6-4-8-21-9-7-18/h12,17H,2-10H2,1H3,(H,19,20)/t12-/m0/s1. The average molecular weight is 306 g/mol. The second kappa shape index (κ2) is 8.17. The van der Waals surface area contributed by atoms with Crippen LogP contribution in [-0.4, -0.2) is 54.2 Å². The van der Waals surface area contributed by atoms with Crippen molar-refractivity contribution in [2.45, 2.75) is 44.6 Å². The van der Waals surface area contributed by atoms with Gasteiger partial charge in [0.05, 0.1) is 12.4 Å². The number of ether oxygens (including phenoxy) is 1. The number of rotatable bonds is 8. The van der Waals surface area contributed by atoms with Crippen molar-refractivity contribution in [3.05, 3.63) is 12.4 Å². The largest absolute Gasteiger partial charge is 0.480 e. The van der Waals surface area contributed by atoms with E-state index < -0.39 is 24.4 Å². The normalized spacial score (nSPS) is 18.0. The fourth-order valence-electron chi connectivity index (χ4n) is 2.27. The highest BCUT2D eigenvalue weighted by Crippen LogP contribution is 2.26. The molecule has 21 heavy (non-hydrogen) atoms. The summed E-state index contributed by atoms with van der Waals surface area (Å²) in [6.07, 6.45) is 0.0518. The van der Waals surface area contributed by atoms with Gasteiger partial charge in [-0.25, -0.2) is 13.6 Å². The van der Waals surface area contributed by atoms with Gasteiger partial charge in [0, 0.05) is 32.5 Å². The fourth-order valence-corrected chi connectivity index (χ4v) is 2.27. The van der Waals surface area contributed by atoms with E-state index in [4.69, 9.17) is 9.84 Å². The zero-order valence-electron chi connectivity index (χ0n) is 12.4. The van der Waals surface area contributed by atoms with Crippen LogP contribution in [0, 0.1) is 0 Å². The third kappa shape index (κ3) is 6.29. The summed E-state index contributed by atoms with van der Waals surface area (Å²) >= 11 is 0. The number of nitrogens with zero attached hydrogens (tertiary/aromatic N) is 1. The van der Waals surface area contributed by atoms with Gasteiger partial charge in [-0.3, -0.25) is 0 Å². The van der Waals surface area contributed by atoms with Crippen molar-refractivity contribution in [3.63, 3.8) is 0 Å². The summed E-state index contributed by atoms with van der Waals surface area (Å²) in [5.74, 6) is -3.93. The molecular weight excluding hydrogens is 282 g/mol. The second-order valence-corrected chi connectivity index (χ2v) is 5.24. The van der Waals surface area contributed by atoms with Crippen LogP contribution >= 0.6 is 0 Å². The van der Waals surface area contributed by atoms with Crippen LogP contribution in [0.4, 0.5) is 8.78 Å². The fraction of sp³-hybridized carbons (Fsp3) is 0.786. The summed E-state index contributed by atoms with van der Waals surface area (Å²) in [6, 6.07) is -1.34. The Hall–Kier alpha value is -1.37. The van der Waals surface area contributed by atoms with Crippen molar-refractivity contribution < 1.29 is 23.4 Å². The van der Waals surface area contributed by atoms with Crippen LogP contribution in [0.25, 0.3) is 0 Å². The Morgan fingerprint density at radius 3 is 2.81 bits per heavy atom. The lowest BCUT2D eigenvalue weighted by molar-refractivity contribution is -0.142. The van der Waals surface area contributed by atoms with Crippen molar-refractivity contribution in [3.8, 4) is 0 Å². The van der Waals surface area contributed by atoms with Crippen molar-refractivity contribution in [1.82, 2.24) is 10.2 Å². The molecule has 0 unspecified atom stereocenters. The Morgan fingerprint density at radius 1 is 1.48 bits per heavy atom.